The van der Waals surface area contributed by atoms with E-state index in [1.807, 2.05) is 0 Å². The zero-order chi connectivity index (χ0) is 15.3. The van der Waals surface area contributed by atoms with Crippen molar-refractivity contribution < 1.29 is 14.0 Å². The van der Waals surface area contributed by atoms with Gasteiger partial charge in [-0.3, -0.25) is 9.59 Å². The minimum Gasteiger partial charge on any atom is -0.348 e. The topological polar surface area (TPSA) is 84.2 Å². The van der Waals surface area contributed by atoms with Crippen LogP contribution in [0.2, 0.25) is 10.0 Å². The molecule has 0 spiro atoms. The predicted molar refractivity (Wildman–Crippen MR) is 75.0 cm³/mol. The highest BCUT2D eigenvalue weighted by atomic mass is 35.5. The first kappa shape index (κ1) is 16.7. The minimum absolute atomic E-state index is 0.0903. The number of amides is 2. The molecule has 8 heteroatoms. The average Bonchev–Trinajstić information content (AvgIpc) is 2.39. The van der Waals surface area contributed by atoms with Crippen molar-refractivity contribution in [3.05, 3.63) is 33.6 Å². The van der Waals surface area contributed by atoms with E-state index < -0.39 is 23.7 Å². The smallest absolute Gasteiger partial charge is 0.239 e. The molecule has 0 heterocycles. The van der Waals surface area contributed by atoms with Crippen molar-refractivity contribution in [3.63, 3.8) is 0 Å². The van der Waals surface area contributed by atoms with Crippen molar-refractivity contribution in [1.29, 1.82) is 0 Å². The molecular formula is C12H14Cl2FN3O2. The average molecular weight is 322 g/mol. The van der Waals surface area contributed by atoms with Crippen LogP contribution in [0.5, 0.6) is 0 Å². The summed E-state index contributed by atoms with van der Waals surface area (Å²) in [5.74, 6) is -1.50. The Hall–Kier alpha value is -1.37. The molecule has 1 atom stereocenters. The third-order valence-electron chi connectivity index (χ3n) is 2.52. The van der Waals surface area contributed by atoms with E-state index in [1.165, 1.54) is 6.07 Å². The molecule has 0 saturated carbocycles. The second-order valence-electron chi connectivity index (χ2n) is 4.06. The highest BCUT2D eigenvalue weighted by molar-refractivity contribution is 6.35. The molecular weight excluding hydrogens is 308 g/mol. The van der Waals surface area contributed by atoms with Gasteiger partial charge in [-0.05, 0) is 24.6 Å². The third-order valence-corrected chi connectivity index (χ3v) is 3.13. The molecule has 1 unspecified atom stereocenters. The number of carbonyl (C=O) groups is 2. The first-order chi connectivity index (χ1) is 9.35. The first-order valence-electron chi connectivity index (χ1n) is 5.75. The summed E-state index contributed by atoms with van der Waals surface area (Å²) in [6.07, 6.45) is 0. The van der Waals surface area contributed by atoms with Crippen LogP contribution in [-0.4, -0.2) is 24.9 Å². The van der Waals surface area contributed by atoms with Gasteiger partial charge in [-0.2, -0.15) is 0 Å². The molecule has 0 aliphatic carbocycles. The molecule has 1 aromatic carbocycles. The zero-order valence-corrected chi connectivity index (χ0v) is 12.2. The molecule has 2 amide bonds. The summed E-state index contributed by atoms with van der Waals surface area (Å²) >= 11 is 11.5. The summed E-state index contributed by atoms with van der Waals surface area (Å²) in [6.45, 7) is 1.22. The molecule has 0 saturated heterocycles. The summed E-state index contributed by atoms with van der Waals surface area (Å²) in [7, 11) is 0. The van der Waals surface area contributed by atoms with E-state index >= 15 is 0 Å². The van der Waals surface area contributed by atoms with Crippen LogP contribution in [0.15, 0.2) is 12.1 Å². The Kier molecular flexibility index (Phi) is 6.19. The first-order valence-corrected chi connectivity index (χ1v) is 6.51. The Morgan fingerprint density at radius 3 is 2.55 bits per heavy atom. The van der Waals surface area contributed by atoms with E-state index in [0.717, 1.165) is 6.07 Å². The second-order valence-corrected chi connectivity index (χ2v) is 4.87. The highest BCUT2D eigenvalue weighted by Gasteiger charge is 2.15. The van der Waals surface area contributed by atoms with Crippen LogP contribution in [-0.2, 0) is 9.59 Å². The van der Waals surface area contributed by atoms with Gasteiger partial charge in [-0.15, -0.1) is 0 Å². The molecule has 0 aliphatic rings. The molecule has 0 aromatic heterocycles. The Balaban J connectivity index is 2.67. The number of benzene rings is 1. The van der Waals surface area contributed by atoms with Crippen molar-refractivity contribution >= 4 is 35.0 Å². The van der Waals surface area contributed by atoms with E-state index in [9.17, 15) is 14.0 Å². The largest absolute Gasteiger partial charge is 0.348 e. The number of carbonyl (C=O) groups excluding carboxylic acids is 2. The molecule has 1 rings (SSSR count). The predicted octanol–water partition coefficient (Wildman–Crippen LogP) is 1.38. The number of rotatable bonds is 5. The third kappa shape index (κ3) is 4.63. The van der Waals surface area contributed by atoms with E-state index in [1.54, 1.807) is 6.92 Å². The van der Waals surface area contributed by atoms with Crippen LogP contribution >= 0.6 is 23.2 Å². The molecule has 110 valence electrons. The van der Waals surface area contributed by atoms with Gasteiger partial charge in [0, 0.05) is 5.02 Å². The van der Waals surface area contributed by atoms with Gasteiger partial charge in [-0.1, -0.05) is 23.2 Å². The van der Waals surface area contributed by atoms with Crippen LogP contribution in [0.25, 0.3) is 0 Å². The number of nitrogens with two attached hydrogens (primary N) is 1. The van der Waals surface area contributed by atoms with E-state index in [4.69, 9.17) is 28.9 Å². The summed E-state index contributed by atoms with van der Waals surface area (Å²) in [4.78, 5) is 22.5. The maximum Gasteiger partial charge on any atom is 0.239 e. The lowest BCUT2D eigenvalue weighted by atomic mass is 10.1. The molecule has 1 aromatic rings. The van der Waals surface area contributed by atoms with E-state index in [0.29, 0.717) is 5.56 Å². The van der Waals surface area contributed by atoms with Gasteiger partial charge in [0.2, 0.25) is 11.8 Å². The molecule has 0 fully saturated rings. The van der Waals surface area contributed by atoms with Crippen molar-refractivity contribution in [2.45, 2.75) is 13.0 Å². The number of halogens is 3. The van der Waals surface area contributed by atoms with Gasteiger partial charge in [0.15, 0.2) is 0 Å². The number of nitrogens with one attached hydrogen (secondary N) is 2. The Labute approximate surface area is 125 Å². The van der Waals surface area contributed by atoms with Crippen molar-refractivity contribution in [2.24, 2.45) is 5.73 Å². The van der Waals surface area contributed by atoms with Crippen LogP contribution in [0.4, 0.5) is 4.39 Å². The number of hydrogen-bond donors (Lipinski definition) is 3. The standard InChI is InChI=1S/C12H14Cl2FN3O2/c1-6(18-12(20)5-17-11(19)4-16)7-2-10(15)9(14)3-8(7)13/h2-3,6H,4-5,16H2,1H3,(H,17,19)(H,18,20). The van der Waals surface area contributed by atoms with Gasteiger partial charge < -0.3 is 16.4 Å². The van der Waals surface area contributed by atoms with E-state index in [-0.39, 0.29) is 23.1 Å². The summed E-state index contributed by atoms with van der Waals surface area (Å²) in [5.41, 5.74) is 5.48. The molecule has 0 radical (unpaired) electrons. The molecule has 5 nitrogen and oxygen atoms in total. The Bertz CT molecular complexity index is 526. The van der Waals surface area contributed by atoms with Crippen LogP contribution in [0, 0.1) is 5.82 Å². The van der Waals surface area contributed by atoms with Crippen molar-refractivity contribution in [2.75, 3.05) is 13.1 Å². The fourth-order valence-electron chi connectivity index (χ4n) is 1.49. The van der Waals surface area contributed by atoms with Gasteiger partial charge in [-0.25, -0.2) is 4.39 Å². The lowest BCUT2D eigenvalue weighted by molar-refractivity contribution is -0.125. The van der Waals surface area contributed by atoms with Crippen molar-refractivity contribution in [3.8, 4) is 0 Å². The van der Waals surface area contributed by atoms with Gasteiger partial charge in [0.1, 0.15) is 5.82 Å². The van der Waals surface area contributed by atoms with Crippen molar-refractivity contribution in [1.82, 2.24) is 10.6 Å². The fraction of sp³-hybridized carbons (Fsp3) is 0.333. The maximum absolute atomic E-state index is 13.4. The van der Waals surface area contributed by atoms with E-state index in [2.05, 4.69) is 10.6 Å². The lowest BCUT2D eigenvalue weighted by Crippen LogP contribution is -2.40. The van der Waals surface area contributed by atoms with Gasteiger partial charge >= 0.3 is 0 Å². The van der Waals surface area contributed by atoms with Crippen LogP contribution in [0.1, 0.15) is 18.5 Å². The normalized spacial score (nSPS) is 11.8. The second kappa shape index (κ2) is 7.42. The summed E-state index contributed by atoms with van der Waals surface area (Å²) < 4.78 is 13.4. The van der Waals surface area contributed by atoms with Gasteiger partial charge in [0.25, 0.3) is 0 Å². The minimum atomic E-state index is -0.622. The van der Waals surface area contributed by atoms with Gasteiger partial charge in [0.05, 0.1) is 24.2 Å². The Morgan fingerprint density at radius 2 is 1.95 bits per heavy atom. The van der Waals surface area contributed by atoms with Crippen LogP contribution < -0.4 is 16.4 Å². The quantitative estimate of drug-likeness (QED) is 0.716. The monoisotopic (exact) mass is 321 g/mol. The molecule has 20 heavy (non-hydrogen) atoms. The molecule has 0 bridgehead atoms. The SMILES string of the molecule is CC(NC(=O)CNC(=O)CN)c1cc(F)c(Cl)cc1Cl. The summed E-state index contributed by atoms with van der Waals surface area (Å²) in [5, 5.41) is 5.05. The zero-order valence-electron chi connectivity index (χ0n) is 10.7. The molecule has 0 aliphatic heterocycles. The Morgan fingerprint density at radius 1 is 1.30 bits per heavy atom. The fourth-order valence-corrected chi connectivity index (χ4v) is 2.04. The lowest BCUT2D eigenvalue weighted by Gasteiger charge is -2.16. The van der Waals surface area contributed by atoms with Crippen LogP contribution in [0.3, 0.4) is 0 Å². The highest BCUT2D eigenvalue weighted by Crippen LogP contribution is 2.28. The molecule has 4 N–H and O–H groups in total. The maximum atomic E-state index is 13.4. The summed E-state index contributed by atoms with van der Waals surface area (Å²) in [6, 6.07) is 1.90. The number of hydrogen-bond acceptors (Lipinski definition) is 3.